The molecule has 1 aliphatic rings. The number of aryl methyl sites for hydroxylation is 1. The van der Waals surface area contributed by atoms with Crippen molar-refractivity contribution >= 4 is 21.4 Å². The second kappa shape index (κ2) is 5.53. The van der Waals surface area contributed by atoms with E-state index in [4.69, 9.17) is 5.11 Å². The van der Waals surface area contributed by atoms with Crippen LogP contribution in [-0.4, -0.2) is 20.1 Å². The highest BCUT2D eigenvalue weighted by Gasteiger charge is 2.27. The van der Waals surface area contributed by atoms with E-state index in [1.54, 1.807) is 6.07 Å². The van der Waals surface area contributed by atoms with Crippen LogP contribution in [0.4, 0.5) is 0 Å². The molecule has 1 heterocycles. The third kappa shape index (κ3) is 2.76. The molecule has 3 rings (SSSR count). The van der Waals surface area contributed by atoms with Gasteiger partial charge in [-0.1, -0.05) is 24.3 Å². The first-order valence-corrected chi connectivity index (χ1v) is 9.09. The van der Waals surface area contributed by atoms with Gasteiger partial charge >= 0.3 is 0 Å². The maximum Gasteiger partial charge on any atom is 0.250 e. The van der Waals surface area contributed by atoms with Gasteiger partial charge < -0.3 is 5.11 Å². The molecule has 0 radical (unpaired) electrons. The molecule has 0 saturated carbocycles. The van der Waals surface area contributed by atoms with Gasteiger partial charge in [0.2, 0.25) is 10.0 Å². The quantitative estimate of drug-likeness (QED) is 0.886. The summed E-state index contributed by atoms with van der Waals surface area (Å²) in [4.78, 5) is 0.698. The SMILES string of the molecule is Cc1cc(S(=O)(=O)NCC2Cc3ccccc32)sc1CO. The van der Waals surface area contributed by atoms with Crippen molar-refractivity contribution in [2.24, 2.45) is 0 Å². The van der Waals surface area contributed by atoms with Gasteiger partial charge in [-0.15, -0.1) is 11.3 Å². The van der Waals surface area contributed by atoms with E-state index in [-0.39, 0.29) is 16.7 Å². The molecule has 21 heavy (non-hydrogen) atoms. The summed E-state index contributed by atoms with van der Waals surface area (Å²) in [5, 5.41) is 9.17. The standard InChI is InChI=1S/C15H17NO3S2/c1-10-6-15(20-14(10)9-17)21(18,19)16-8-12-7-11-4-2-3-5-13(11)12/h2-6,12,16-17H,7-9H2,1H3. The smallest absolute Gasteiger partial charge is 0.250 e. The number of thiophene rings is 1. The third-order valence-corrected chi connectivity index (χ3v) is 7.01. The summed E-state index contributed by atoms with van der Waals surface area (Å²) in [5.41, 5.74) is 3.35. The monoisotopic (exact) mass is 323 g/mol. The lowest BCUT2D eigenvalue weighted by Gasteiger charge is -2.30. The van der Waals surface area contributed by atoms with Gasteiger partial charge in [-0.25, -0.2) is 13.1 Å². The van der Waals surface area contributed by atoms with E-state index in [2.05, 4.69) is 16.9 Å². The molecule has 1 aliphatic carbocycles. The maximum absolute atomic E-state index is 12.3. The Bertz CT molecular complexity index is 765. The van der Waals surface area contributed by atoms with E-state index in [0.29, 0.717) is 11.4 Å². The second-order valence-corrected chi connectivity index (χ2v) is 8.41. The van der Waals surface area contributed by atoms with Crippen molar-refractivity contribution in [2.45, 2.75) is 30.1 Å². The van der Waals surface area contributed by atoms with E-state index >= 15 is 0 Å². The molecule has 112 valence electrons. The summed E-state index contributed by atoms with van der Waals surface area (Å²) in [6, 6.07) is 9.74. The molecule has 0 saturated heterocycles. The largest absolute Gasteiger partial charge is 0.391 e. The summed E-state index contributed by atoms with van der Waals surface area (Å²) in [5.74, 6) is 0.259. The van der Waals surface area contributed by atoms with Crippen LogP contribution in [0.25, 0.3) is 0 Å². The summed E-state index contributed by atoms with van der Waals surface area (Å²) in [7, 11) is -3.49. The summed E-state index contributed by atoms with van der Waals surface area (Å²) < 4.78 is 27.5. The fraction of sp³-hybridized carbons (Fsp3) is 0.333. The summed E-state index contributed by atoms with van der Waals surface area (Å²) >= 11 is 1.13. The lowest BCUT2D eigenvalue weighted by molar-refractivity contribution is 0.285. The Hall–Kier alpha value is -1.21. The first-order valence-electron chi connectivity index (χ1n) is 6.79. The van der Waals surface area contributed by atoms with Gasteiger partial charge in [-0.3, -0.25) is 0 Å². The molecule has 2 N–H and O–H groups in total. The van der Waals surface area contributed by atoms with Gasteiger partial charge in [0.15, 0.2) is 0 Å². The minimum atomic E-state index is -3.49. The Morgan fingerprint density at radius 2 is 2.14 bits per heavy atom. The highest BCUT2D eigenvalue weighted by Crippen LogP contribution is 2.34. The second-order valence-electron chi connectivity index (χ2n) is 5.28. The molecule has 1 aromatic heterocycles. The van der Waals surface area contributed by atoms with Crippen LogP contribution in [-0.2, 0) is 23.1 Å². The van der Waals surface area contributed by atoms with Crippen molar-refractivity contribution in [1.29, 1.82) is 0 Å². The lowest BCUT2D eigenvalue weighted by atomic mass is 9.78. The number of benzene rings is 1. The molecule has 0 spiro atoms. The van der Waals surface area contributed by atoms with Crippen LogP contribution in [0.1, 0.15) is 27.5 Å². The zero-order valence-electron chi connectivity index (χ0n) is 11.7. The number of nitrogens with one attached hydrogen (secondary N) is 1. The average Bonchev–Trinajstić information content (AvgIpc) is 2.82. The molecule has 4 nitrogen and oxygen atoms in total. The molecular weight excluding hydrogens is 306 g/mol. The highest BCUT2D eigenvalue weighted by atomic mass is 32.2. The molecule has 0 fully saturated rings. The predicted octanol–water partition coefficient (Wildman–Crippen LogP) is 2.17. The fourth-order valence-corrected chi connectivity index (χ4v) is 5.18. The van der Waals surface area contributed by atoms with Gasteiger partial charge in [-0.2, -0.15) is 0 Å². The van der Waals surface area contributed by atoms with Crippen LogP contribution in [0.5, 0.6) is 0 Å². The Morgan fingerprint density at radius 3 is 2.81 bits per heavy atom. The van der Waals surface area contributed by atoms with E-state index < -0.39 is 10.0 Å². The van der Waals surface area contributed by atoms with Crippen molar-refractivity contribution in [3.05, 3.63) is 51.9 Å². The van der Waals surface area contributed by atoms with E-state index in [9.17, 15) is 8.42 Å². The molecular formula is C15H17NO3S2. The highest BCUT2D eigenvalue weighted by molar-refractivity contribution is 7.91. The number of aliphatic hydroxyl groups is 1. The zero-order chi connectivity index (χ0) is 15.0. The zero-order valence-corrected chi connectivity index (χ0v) is 13.3. The van der Waals surface area contributed by atoms with Crippen molar-refractivity contribution in [1.82, 2.24) is 4.72 Å². The number of hydrogen-bond donors (Lipinski definition) is 2. The number of aliphatic hydroxyl groups excluding tert-OH is 1. The third-order valence-electron chi connectivity index (χ3n) is 3.89. The van der Waals surface area contributed by atoms with E-state index in [1.165, 1.54) is 11.1 Å². The van der Waals surface area contributed by atoms with E-state index in [1.807, 2.05) is 19.1 Å². The van der Waals surface area contributed by atoms with Crippen molar-refractivity contribution in [3.63, 3.8) is 0 Å². The number of sulfonamides is 1. The van der Waals surface area contributed by atoms with Crippen LogP contribution in [0, 0.1) is 6.92 Å². The Labute approximate surface area is 128 Å². The summed E-state index contributed by atoms with van der Waals surface area (Å²) in [6.07, 6.45) is 0.921. The molecule has 1 atom stereocenters. The lowest BCUT2D eigenvalue weighted by Crippen LogP contribution is -2.32. The number of hydrogen-bond acceptors (Lipinski definition) is 4. The molecule has 0 bridgehead atoms. The maximum atomic E-state index is 12.3. The Kier molecular flexibility index (Phi) is 3.88. The van der Waals surface area contributed by atoms with Gasteiger partial charge in [0, 0.05) is 17.3 Å². The molecule has 1 aromatic carbocycles. The van der Waals surface area contributed by atoms with Crippen molar-refractivity contribution < 1.29 is 13.5 Å². The molecule has 0 amide bonds. The fourth-order valence-electron chi connectivity index (χ4n) is 2.60. The normalized spacial score (nSPS) is 17.3. The van der Waals surface area contributed by atoms with E-state index in [0.717, 1.165) is 23.3 Å². The Morgan fingerprint density at radius 1 is 1.38 bits per heavy atom. The minimum absolute atomic E-state index is 0.123. The van der Waals surface area contributed by atoms with Crippen LogP contribution < -0.4 is 4.72 Å². The van der Waals surface area contributed by atoms with Crippen molar-refractivity contribution in [3.8, 4) is 0 Å². The Balaban J connectivity index is 1.70. The van der Waals surface area contributed by atoms with Crippen LogP contribution in [0.3, 0.4) is 0 Å². The minimum Gasteiger partial charge on any atom is -0.391 e. The summed E-state index contributed by atoms with van der Waals surface area (Å²) in [6.45, 7) is 2.11. The molecule has 2 aromatic rings. The first-order chi connectivity index (χ1) is 10.0. The predicted molar refractivity (Wildman–Crippen MR) is 83.1 cm³/mol. The first kappa shape index (κ1) is 14.7. The van der Waals surface area contributed by atoms with Crippen molar-refractivity contribution in [2.75, 3.05) is 6.54 Å². The number of fused-ring (bicyclic) bond motifs is 1. The average molecular weight is 323 g/mol. The topological polar surface area (TPSA) is 66.4 Å². The van der Waals surface area contributed by atoms with Gasteiger partial charge in [0.1, 0.15) is 4.21 Å². The van der Waals surface area contributed by atoms with Gasteiger partial charge in [0.25, 0.3) is 0 Å². The van der Waals surface area contributed by atoms with Crippen LogP contribution in [0.2, 0.25) is 0 Å². The molecule has 6 heteroatoms. The molecule has 1 unspecified atom stereocenters. The number of rotatable bonds is 5. The van der Waals surface area contributed by atoms with Gasteiger partial charge in [0.05, 0.1) is 6.61 Å². The van der Waals surface area contributed by atoms with Crippen LogP contribution in [0.15, 0.2) is 34.5 Å². The van der Waals surface area contributed by atoms with Crippen LogP contribution >= 0.6 is 11.3 Å². The molecule has 0 aliphatic heterocycles. The van der Waals surface area contributed by atoms with Gasteiger partial charge in [-0.05, 0) is 36.1 Å².